The first-order valence-corrected chi connectivity index (χ1v) is 11.3. The van der Waals surface area contributed by atoms with Gasteiger partial charge in [-0.3, -0.25) is 4.79 Å². The van der Waals surface area contributed by atoms with Crippen molar-refractivity contribution in [3.8, 4) is 10.6 Å². The number of amides is 1. The van der Waals surface area contributed by atoms with Gasteiger partial charge < -0.3 is 15.3 Å². The number of aromatic nitrogens is 3. The van der Waals surface area contributed by atoms with Crippen molar-refractivity contribution in [2.75, 3.05) is 12.4 Å². The smallest absolute Gasteiger partial charge is 0.255 e. The Bertz CT molecular complexity index is 1080. The fraction of sp³-hybridized carbons (Fsp3) is 0.333. The number of aliphatic hydroxyl groups excluding tert-OH is 1. The van der Waals surface area contributed by atoms with Crippen LogP contribution in [0.1, 0.15) is 46.9 Å². The summed E-state index contributed by atoms with van der Waals surface area (Å²) in [5, 5.41) is 16.3. The molecule has 0 saturated heterocycles. The van der Waals surface area contributed by atoms with Gasteiger partial charge in [-0.25, -0.2) is 15.0 Å². The van der Waals surface area contributed by atoms with E-state index in [4.69, 9.17) is 0 Å². The van der Waals surface area contributed by atoms with Gasteiger partial charge in [0.15, 0.2) is 5.13 Å². The van der Waals surface area contributed by atoms with Crippen molar-refractivity contribution in [3.05, 3.63) is 52.1 Å². The third kappa shape index (κ3) is 4.14. The van der Waals surface area contributed by atoms with E-state index in [0.717, 1.165) is 29.1 Å². The summed E-state index contributed by atoms with van der Waals surface area (Å²) in [5.74, 6) is 0.593. The monoisotopic (exact) mass is 441 g/mol. The van der Waals surface area contributed by atoms with E-state index in [1.165, 1.54) is 28.2 Å². The van der Waals surface area contributed by atoms with Crippen LogP contribution in [0.3, 0.4) is 0 Å². The number of hydrogen-bond donors (Lipinski definition) is 2. The van der Waals surface area contributed by atoms with Crippen LogP contribution in [0.25, 0.3) is 10.6 Å². The first-order valence-electron chi connectivity index (χ1n) is 9.60. The molecular weight excluding hydrogens is 418 g/mol. The molecule has 1 amide bonds. The van der Waals surface area contributed by atoms with Gasteiger partial charge >= 0.3 is 0 Å². The molecule has 3 aromatic rings. The van der Waals surface area contributed by atoms with E-state index in [9.17, 15) is 9.90 Å². The number of rotatable bonds is 6. The Morgan fingerprint density at radius 1 is 1.37 bits per heavy atom. The molecule has 1 aliphatic carbocycles. The van der Waals surface area contributed by atoms with Crippen LogP contribution in [0.4, 0.5) is 10.9 Å². The average Bonchev–Trinajstić information content (AvgIpc) is 3.31. The van der Waals surface area contributed by atoms with Crippen molar-refractivity contribution >= 4 is 39.5 Å². The molecule has 1 atom stereocenters. The number of anilines is 2. The number of carbonyl (C=O) groups is 1. The third-order valence-corrected chi connectivity index (χ3v) is 7.18. The lowest BCUT2D eigenvalue weighted by Crippen LogP contribution is -2.42. The van der Waals surface area contributed by atoms with Crippen molar-refractivity contribution in [1.82, 2.24) is 19.9 Å². The summed E-state index contributed by atoms with van der Waals surface area (Å²) in [6.45, 7) is 7.55. The van der Waals surface area contributed by atoms with Gasteiger partial charge in [-0.05, 0) is 38.8 Å². The van der Waals surface area contributed by atoms with Gasteiger partial charge in [-0.15, -0.1) is 22.7 Å². The van der Waals surface area contributed by atoms with Gasteiger partial charge in [0.05, 0.1) is 21.8 Å². The van der Waals surface area contributed by atoms with Crippen LogP contribution in [0, 0.1) is 6.92 Å². The number of nitrogens with zero attached hydrogens (tertiary/aromatic N) is 4. The van der Waals surface area contributed by atoms with Crippen molar-refractivity contribution in [2.24, 2.45) is 0 Å². The van der Waals surface area contributed by atoms with Gasteiger partial charge in [0.25, 0.3) is 5.91 Å². The molecule has 0 aromatic carbocycles. The summed E-state index contributed by atoms with van der Waals surface area (Å²) >= 11 is 2.92. The van der Waals surface area contributed by atoms with Gasteiger partial charge in [-0.2, -0.15) is 0 Å². The minimum atomic E-state index is -0.591. The molecule has 3 heterocycles. The second kappa shape index (κ2) is 8.25. The van der Waals surface area contributed by atoms with Crippen LogP contribution < -0.4 is 5.32 Å². The highest BCUT2D eigenvalue weighted by molar-refractivity contribution is 7.17. The highest BCUT2D eigenvalue weighted by atomic mass is 32.1. The summed E-state index contributed by atoms with van der Waals surface area (Å²) in [4.78, 5) is 28.7. The Morgan fingerprint density at radius 3 is 2.73 bits per heavy atom. The van der Waals surface area contributed by atoms with Crippen LogP contribution >= 0.6 is 22.7 Å². The lowest BCUT2D eigenvalue weighted by atomic mass is 9.86. The second-order valence-corrected chi connectivity index (χ2v) is 9.35. The first kappa shape index (κ1) is 20.6. The van der Waals surface area contributed by atoms with Crippen molar-refractivity contribution in [3.63, 3.8) is 0 Å². The van der Waals surface area contributed by atoms with Crippen LogP contribution in [0.15, 0.2) is 35.9 Å². The molecule has 1 fully saturated rings. The lowest BCUT2D eigenvalue weighted by molar-refractivity contribution is 0.0698. The van der Waals surface area contributed by atoms with Gasteiger partial charge in [0.2, 0.25) is 0 Å². The first-order chi connectivity index (χ1) is 14.3. The predicted octanol–water partition coefficient (Wildman–Crippen LogP) is 4.56. The molecule has 7 nitrogen and oxygen atoms in total. The maximum atomic E-state index is 12.6. The highest BCUT2D eigenvalue weighted by Crippen LogP contribution is 2.35. The molecule has 1 unspecified atom stereocenters. The van der Waals surface area contributed by atoms with E-state index in [1.54, 1.807) is 30.2 Å². The maximum absolute atomic E-state index is 12.6. The molecule has 30 heavy (non-hydrogen) atoms. The average molecular weight is 442 g/mol. The van der Waals surface area contributed by atoms with Crippen LogP contribution in [-0.4, -0.2) is 44.0 Å². The van der Waals surface area contributed by atoms with Crippen LogP contribution in [0.5, 0.6) is 0 Å². The van der Waals surface area contributed by atoms with E-state index in [-0.39, 0.29) is 11.9 Å². The van der Waals surface area contributed by atoms with Crippen LogP contribution in [0.2, 0.25) is 0 Å². The number of aryl methyl sites for hydroxylation is 1. The Labute approximate surface area is 183 Å². The second-order valence-electron chi connectivity index (χ2n) is 7.47. The summed E-state index contributed by atoms with van der Waals surface area (Å²) < 4.78 is 0. The molecule has 3 aromatic heterocycles. The quantitative estimate of drug-likeness (QED) is 0.545. The Morgan fingerprint density at radius 2 is 2.13 bits per heavy atom. The van der Waals surface area contributed by atoms with Crippen molar-refractivity contribution < 1.29 is 9.90 Å². The topological polar surface area (TPSA) is 91.2 Å². The normalized spacial score (nSPS) is 15.0. The SMILES string of the molecule is C=C1CC(N(C)C(=O)c2ccc(Nc3nc(-c4sc(C(C)O)nc4C)cs3)nc2)C1. The Balaban J connectivity index is 1.43. The number of hydrogen-bond acceptors (Lipinski definition) is 8. The highest BCUT2D eigenvalue weighted by Gasteiger charge is 2.29. The van der Waals surface area contributed by atoms with E-state index >= 15 is 0 Å². The molecule has 1 saturated carbocycles. The minimum absolute atomic E-state index is 0.0299. The molecular formula is C21H23N5O2S2. The van der Waals surface area contributed by atoms with Gasteiger partial charge in [0.1, 0.15) is 16.9 Å². The predicted molar refractivity (Wildman–Crippen MR) is 120 cm³/mol. The molecule has 0 radical (unpaired) electrons. The fourth-order valence-electron chi connectivity index (χ4n) is 3.22. The molecule has 0 spiro atoms. The number of nitrogens with one attached hydrogen (secondary N) is 1. The number of carbonyl (C=O) groups excluding carboxylic acids is 1. The summed E-state index contributed by atoms with van der Waals surface area (Å²) in [7, 11) is 1.83. The molecule has 4 rings (SSSR count). The summed E-state index contributed by atoms with van der Waals surface area (Å²) in [6, 6.07) is 3.80. The van der Waals surface area contributed by atoms with E-state index in [1.807, 2.05) is 19.4 Å². The maximum Gasteiger partial charge on any atom is 0.255 e. The summed E-state index contributed by atoms with van der Waals surface area (Å²) in [5.41, 5.74) is 3.43. The largest absolute Gasteiger partial charge is 0.386 e. The zero-order chi connectivity index (χ0) is 21.4. The molecule has 9 heteroatoms. The molecule has 156 valence electrons. The summed E-state index contributed by atoms with van der Waals surface area (Å²) in [6.07, 6.45) is 2.75. The zero-order valence-corrected chi connectivity index (χ0v) is 18.7. The zero-order valence-electron chi connectivity index (χ0n) is 17.0. The van der Waals surface area contributed by atoms with Gasteiger partial charge in [-0.1, -0.05) is 12.2 Å². The lowest BCUT2D eigenvalue weighted by Gasteiger charge is -2.36. The minimum Gasteiger partial charge on any atom is -0.386 e. The Hall–Kier alpha value is -2.62. The molecule has 0 bridgehead atoms. The standard InChI is InChI=1S/C21H23N5O2S2/c1-11-7-15(8-11)26(4)20(28)14-5-6-17(22-9-14)25-21-24-16(10-29-21)18-12(2)23-19(30-18)13(3)27/h5-6,9-10,13,15,27H,1,7-8H2,2-4H3,(H,22,24,25). The number of pyridine rings is 1. The van der Waals surface area contributed by atoms with Crippen LogP contribution in [-0.2, 0) is 0 Å². The molecule has 1 aliphatic rings. The van der Waals surface area contributed by atoms with E-state index in [2.05, 4.69) is 26.8 Å². The number of aliphatic hydroxyl groups is 1. The van der Waals surface area contributed by atoms with E-state index in [0.29, 0.717) is 21.5 Å². The number of thiazole rings is 2. The molecule has 0 aliphatic heterocycles. The fourth-order valence-corrected chi connectivity index (χ4v) is 4.97. The van der Waals surface area contributed by atoms with Gasteiger partial charge in [0, 0.05) is 24.7 Å². The Kier molecular flexibility index (Phi) is 5.68. The third-order valence-electron chi connectivity index (χ3n) is 5.07. The molecule has 2 N–H and O–H groups in total. The van der Waals surface area contributed by atoms with Crippen molar-refractivity contribution in [2.45, 2.75) is 38.8 Å². The van der Waals surface area contributed by atoms with Crippen molar-refractivity contribution in [1.29, 1.82) is 0 Å². The van der Waals surface area contributed by atoms with E-state index < -0.39 is 6.10 Å².